The lowest BCUT2D eigenvalue weighted by molar-refractivity contribution is -0.142. The average molecular weight is 368 g/mol. The monoisotopic (exact) mass is 368 g/mol. The molecule has 27 heavy (non-hydrogen) atoms. The second kappa shape index (κ2) is 9.21. The van der Waals surface area contributed by atoms with Crippen LogP contribution in [0.5, 0.6) is 5.75 Å². The van der Waals surface area contributed by atoms with E-state index in [-0.39, 0.29) is 18.4 Å². The maximum absolute atomic E-state index is 12.9. The van der Waals surface area contributed by atoms with Gasteiger partial charge in [0.15, 0.2) is 6.61 Å². The summed E-state index contributed by atoms with van der Waals surface area (Å²) in [6.07, 6.45) is 0. The summed E-state index contributed by atoms with van der Waals surface area (Å²) in [6.45, 7) is 7.99. The lowest BCUT2D eigenvalue weighted by Crippen LogP contribution is -2.48. The average Bonchev–Trinajstić information content (AvgIpc) is 2.66. The van der Waals surface area contributed by atoms with Gasteiger partial charge in [0.25, 0.3) is 5.91 Å². The summed E-state index contributed by atoms with van der Waals surface area (Å²) < 4.78 is 5.69. The lowest BCUT2D eigenvalue weighted by atomic mass is 10.1. The molecule has 0 bridgehead atoms. The van der Waals surface area contributed by atoms with Gasteiger partial charge in [-0.25, -0.2) is 0 Å². The van der Waals surface area contributed by atoms with Gasteiger partial charge >= 0.3 is 0 Å². The predicted molar refractivity (Wildman–Crippen MR) is 107 cm³/mol. The smallest absolute Gasteiger partial charge is 0.261 e. The van der Waals surface area contributed by atoms with Crippen LogP contribution in [0.1, 0.15) is 29.2 Å². The van der Waals surface area contributed by atoms with Gasteiger partial charge in [-0.1, -0.05) is 30.3 Å². The van der Waals surface area contributed by atoms with Gasteiger partial charge in [-0.3, -0.25) is 9.59 Å². The van der Waals surface area contributed by atoms with Crippen LogP contribution in [0.4, 0.5) is 0 Å². The Morgan fingerprint density at radius 2 is 1.74 bits per heavy atom. The molecule has 0 spiro atoms. The first-order valence-electron chi connectivity index (χ1n) is 9.09. The third kappa shape index (κ3) is 5.33. The SMILES string of the molecule is CNC(=O)[C@@H](C)N(Cc1ccccc1C)C(=O)COc1ccc(C)c(C)c1. The molecule has 0 heterocycles. The zero-order chi connectivity index (χ0) is 20.0. The molecule has 0 saturated heterocycles. The third-order valence-electron chi connectivity index (χ3n) is 4.86. The first-order chi connectivity index (χ1) is 12.8. The van der Waals surface area contributed by atoms with Crippen molar-refractivity contribution in [2.24, 2.45) is 0 Å². The van der Waals surface area contributed by atoms with Crippen LogP contribution in [0.2, 0.25) is 0 Å². The number of carbonyl (C=O) groups excluding carboxylic acids is 2. The van der Waals surface area contributed by atoms with E-state index >= 15 is 0 Å². The topological polar surface area (TPSA) is 58.6 Å². The number of carbonyl (C=O) groups is 2. The molecule has 5 nitrogen and oxygen atoms in total. The van der Waals surface area contributed by atoms with Crippen LogP contribution < -0.4 is 10.1 Å². The number of nitrogens with one attached hydrogen (secondary N) is 1. The quantitative estimate of drug-likeness (QED) is 0.817. The van der Waals surface area contributed by atoms with E-state index in [0.29, 0.717) is 12.3 Å². The van der Waals surface area contributed by atoms with Crippen molar-refractivity contribution >= 4 is 11.8 Å². The maximum atomic E-state index is 12.9. The summed E-state index contributed by atoms with van der Waals surface area (Å²) in [4.78, 5) is 26.6. The van der Waals surface area contributed by atoms with Crippen LogP contribution >= 0.6 is 0 Å². The van der Waals surface area contributed by atoms with Crippen molar-refractivity contribution in [1.82, 2.24) is 10.2 Å². The molecule has 5 heteroatoms. The molecule has 0 unspecified atom stereocenters. The van der Waals surface area contributed by atoms with Crippen molar-refractivity contribution in [3.63, 3.8) is 0 Å². The molecule has 1 N–H and O–H groups in total. The van der Waals surface area contributed by atoms with E-state index < -0.39 is 6.04 Å². The number of aryl methyl sites for hydroxylation is 3. The Bertz CT molecular complexity index is 817. The van der Waals surface area contributed by atoms with Crippen molar-refractivity contribution in [3.8, 4) is 5.75 Å². The molecule has 0 aliphatic carbocycles. The van der Waals surface area contributed by atoms with Gasteiger partial charge in [-0.2, -0.15) is 0 Å². The zero-order valence-electron chi connectivity index (χ0n) is 16.7. The summed E-state index contributed by atoms with van der Waals surface area (Å²) in [5.74, 6) is 0.214. The first kappa shape index (κ1) is 20.5. The van der Waals surface area contributed by atoms with E-state index in [1.807, 2.05) is 63.2 Å². The van der Waals surface area contributed by atoms with E-state index in [2.05, 4.69) is 5.32 Å². The lowest BCUT2D eigenvalue weighted by Gasteiger charge is -2.29. The highest BCUT2D eigenvalue weighted by Crippen LogP contribution is 2.18. The van der Waals surface area contributed by atoms with Gasteiger partial charge < -0.3 is 15.0 Å². The second-order valence-corrected chi connectivity index (χ2v) is 6.77. The fourth-order valence-corrected chi connectivity index (χ4v) is 2.79. The Labute approximate surface area is 161 Å². The predicted octanol–water partition coefficient (Wildman–Crippen LogP) is 3.15. The number of amides is 2. The van der Waals surface area contributed by atoms with E-state index in [9.17, 15) is 9.59 Å². The van der Waals surface area contributed by atoms with Gasteiger partial charge in [0.05, 0.1) is 0 Å². The molecule has 2 aromatic rings. The number of hydrogen-bond donors (Lipinski definition) is 1. The maximum Gasteiger partial charge on any atom is 0.261 e. The molecular formula is C22H28N2O3. The first-order valence-corrected chi connectivity index (χ1v) is 9.09. The van der Waals surface area contributed by atoms with Gasteiger partial charge in [-0.05, 0) is 62.1 Å². The van der Waals surface area contributed by atoms with Crippen molar-refractivity contribution < 1.29 is 14.3 Å². The van der Waals surface area contributed by atoms with Crippen LogP contribution in [0.3, 0.4) is 0 Å². The largest absolute Gasteiger partial charge is 0.484 e. The van der Waals surface area contributed by atoms with E-state index in [0.717, 1.165) is 16.7 Å². The van der Waals surface area contributed by atoms with Gasteiger partial charge in [-0.15, -0.1) is 0 Å². The summed E-state index contributed by atoms with van der Waals surface area (Å²) in [7, 11) is 1.57. The summed E-state index contributed by atoms with van der Waals surface area (Å²) >= 11 is 0. The molecule has 144 valence electrons. The number of hydrogen-bond acceptors (Lipinski definition) is 3. The van der Waals surface area contributed by atoms with Gasteiger partial charge in [0, 0.05) is 13.6 Å². The second-order valence-electron chi connectivity index (χ2n) is 6.77. The minimum absolute atomic E-state index is 0.115. The van der Waals surface area contributed by atoms with Crippen LogP contribution in [-0.2, 0) is 16.1 Å². The molecule has 1 atom stereocenters. The van der Waals surface area contributed by atoms with E-state index in [1.54, 1.807) is 18.9 Å². The standard InChI is InChI=1S/C22H28N2O3/c1-15-10-11-20(12-17(15)3)27-14-21(25)24(18(4)22(26)23-5)13-19-9-7-6-8-16(19)2/h6-12,18H,13-14H2,1-5H3,(H,23,26)/t18-/m1/s1. The van der Waals surface area contributed by atoms with Crippen LogP contribution in [0, 0.1) is 20.8 Å². The molecule has 0 aromatic heterocycles. The molecular weight excluding hydrogens is 340 g/mol. The van der Waals surface area contributed by atoms with Crippen LogP contribution in [0.15, 0.2) is 42.5 Å². The number of ether oxygens (including phenoxy) is 1. The molecule has 2 rings (SSSR count). The Hall–Kier alpha value is -2.82. The summed E-state index contributed by atoms with van der Waals surface area (Å²) in [5.41, 5.74) is 4.36. The number of rotatable bonds is 7. The number of nitrogens with zero attached hydrogens (tertiary/aromatic N) is 1. The van der Waals surface area contributed by atoms with Crippen LogP contribution in [-0.4, -0.2) is 36.4 Å². The van der Waals surface area contributed by atoms with Crippen molar-refractivity contribution in [2.45, 2.75) is 40.3 Å². The van der Waals surface area contributed by atoms with Gasteiger partial charge in [0.2, 0.25) is 5.91 Å². The van der Waals surface area contributed by atoms with Crippen molar-refractivity contribution in [2.75, 3.05) is 13.7 Å². The highest BCUT2D eigenvalue weighted by atomic mass is 16.5. The zero-order valence-corrected chi connectivity index (χ0v) is 16.7. The Morgan fingerprint density at radius 1 is 1.04 bits per heavy atom. The van der Waals surface area contributed by atoms with Crippen LogP contribution in [0.25, 0.3) is 0 Å². The minimum Gasteiger partial charge on any atom is -0.484 e. The van der Waals surface area contributed by atoms with Crippen molar-refractivity contribution in [1.29, 1.82) is 0 Å². The highest BCUT2D eigenvalue weighted by Gasteiger charge is 2.26. The van der Waals surface area contributed by atoms with Gasteiger partial charge in [0.1, 0.15) is 11.8 Å². The summed E-state index contributed by atoms with van der Waals surface area (Å²) in [5, 5.41) is 2.61. The van der Waals surface area contributed by atoms with E-state index in [4.69, 9.17) is 4.74 Å². The summed E-state index contributed by atoms with van der Waals surface area (Å²) in [6, 6.07) is 13.0. The normalized spacial score (nSPS) is 11.6. The molecule has 0 fully saturated rings. The number of benzene rings is 2. The van der Waals surface area contributed by atoms with Crippen molar-refractivity contribution in [3.05, 3.63) is 64.7 Å². The Kier molecular flexibility index (Phi) is 6.99. The fourth-order valence-electron chi connectivity index (χ4n) is 2.79. The Balaban J connectivity index is 2.16. The molecule has 0 saturated carbocycles. The number of likely N-dealkylation sites (N-methyl/N-ethyl adjacent to an activating group) is 1. The highest BCUT2D eigenvalue weighted by molar-refractivity contribution is 5.87. The molecule has 0 aliphatic rings. The van der Waals surface area contributed by atoms with E-state index in [1.165, 1.54) is 5.56 Å². The fraction of sp³-hybridized carbons (Fsp3) is 0.364. The molecule has 0 aliphatic heterocycles. The molecule has 2 amide bonds. The molecule has 2 aromatic carbocycles. The Morgan fingerprint density at radius 3 is 2.37 bits per heavy atom. The third-order valence-corrected chi connectivity index (χ3v) is 4.86. The minimum atomic E-state index is -0.592. The molecule has 0 radical (unpaired) electrons.